The molecule has 0 radical (unpaired) electrons. The second-order valence-corrected chi connectivity index (χ2v) is 10.5. The van der Waals surface area contributed by atoms with Gasteiger partial charge in [0.15, 0.2) is 6.10 Å². The number of carbonyl (C=O) groups excluding carboxylic acids is 3. The van der Waals surface area contributed by atoms with Crippen molar-refractivity contribution in [2.24, 2.45) is 0 Å². The summed E-state index contributed by atoms with van der Waals surface area (Å²) in [6, 6.07) is 0. The van der Waals surface area contributed by atoms with Crippen molar-refractivity contribution in [2.45, 2.75) is 161 Å². The SMILES string of the molecule is CCCCCCCCCCCC(=O)OC[C@H](COC(=O)CCC(=O)O)OC(=O)CCCCCCCCCCC. The van der Waals surface area contributed by atoms with E-state index < -0.39 is 24.0 Å². The minimum Gasteiger partial charge on any atom is -0.481 e. The van der Waals surface area contributed by atoms with Gasteiger partial charge in [-0.15, -0.1) is 0 Å². The number of ether oxygens (including phenoxy) is 3. The Kier molecular flexibility index (Phi) is 26.0. The Hall–Kier alpha value is -2.12. The summed E-state index contributed by atoms with van der Waals surface area (Å²) in [4.78, 5) is 47.0. The molecule has 0 rings (SSSR count). The molecule has 0 saturated carbocycles. The van der Waals surface area contributed by atoms with Crippen LogP contribution in [-0.2, 0) is 33.4 Å². The molecule has 0 fully saturated rings. The zero-order valence-electron chi connectivity index (χ0n) is 24.9. The van der Waals surface area contributed by atoms with Crippen molar-refractivity contribution in [3.63, 3.8) is 0 Å². The average Bonchev–Trinajstić information content (AvgIpc) is 2.91. The largest absolute Gasteiger partial charge is 0.481 e. The highest BCUT2D eigenvalue weighted by Crippen LogP contribution is 2.13. The minimum atomic E-state index is -1.10. The molecule has 1 atom stereocenters. The first kappa shape index (κ1) is 36.9. The molecule has 0 unspecified atom stereocenters. The van der Waals surface area contributed by atoms with Gasteiger partial charge in [0.1, 0.15) is 13.2 Å². The van der Waals surface area contributed by atoms with Crippen LogP contribution in [0.1, 0.15) is 155 Å². The van der Waals surface area contributed by atoms with E-state index in [0.717, 1.165) is 38.5 Å². The molecule has 0 aromatic rings. The van der Waals surface area contributed by atoms with Gasteiger partial charge in [-0.2, -0.15) is 0 Å². The van der Waals surface area contributed by atoms with E-state index in [1.54, 1.807) is 0 Å². The third-order valence-electron chi connectivity index (χ3n) is 6.67. The van der Waals surface area contributed by atoms with Gasteiger partial charge in [-0.3, -0.25) is 19.2 Å². The number of carboxylic acid groups (broad SMARTS) is 1. The van der Waals surface area contributed by atoms with Crippen LogP contribution in [0.25, 0.3) is 0 Å². The molecule has 8 nitrogen and oxygen atoms in total. The minimum absolute atomic E-state index is 0.189. The molecule has 0 aliphatic carbocycles. The van der Waals surface area contributed by atoms with Crippen molar-refractivity contribution >= 4 is 23.9 Å². The quantitative estimate of drug-likeness (QED) is 0.0592. The molecule has 0 spiro atoms. The number of carbonyl (C=O) groups is 4. The van der Waals surface area contributed by atoms with Gasteiger partial charge in [-0.25, -0.2) is 0 Å². The van der Waals surface area contributed by atoms with Crippen LogP contribution < -0.4 is 0 Å². The number of carboxylic acids is 1. The lowest BCUT2D eigenvalue weighted by Crippen LogP contribution is -2.31. The predicted molar refractivity (Wildman–Crippen MR) is 152 cm³/mol. The molecule has 1 N–H and O–H groups in total. The molecular formula is C31H56O8. The highest BCUT2D eigenvalue weighted by Gasteiger charge is 2.19. The molecule has 0 saturated heterocycles. The number of hydrogen-bond acceptors (Lipinski definition) is 7. The highest BCUT2D eigenvalue weighted by molar-refractivity contribution is 5.76. The van der Waals surface area contributed by atoms with Gasteiger partial charge in [0.05, 0.1) is 12.8 Å². The normalized spacial score (nSPS) is 11.6. The third-order valence-corrected chi connectivity index (χ3v) is 6.67. The molecule has 0 bridgehead atoms. The number of hydrogen-bond donors (Lipinski definition) is 1. The summed E-state index contributed by atoms with van der Waals surface area (Å²) >= 11 is 0. The van der Waals surface area contributed by atoms with Crippen molar-refractivity contribution in [1.29, 1.82) is 0 Å². The average molecular weight is 557 g/mol. The fourth-order valence-electron chi connectivity index (χ4n) is 4.25. The van der Waals surface area contributed by atoms with Crippen LogP contribution in [0.2, 0.25) is 0 Å². The van der Waals surface area contributed by atoms with Gasteiger partial charge < -0.3 is 19.3 Å². The maximum Gasteiger partial charge on any atom is 0.306 e. The Morgan fingerprint density at radius 3 is 1.26 bits per heavy atom. The second kappa shape index (κ2) is 27.4. The summed E-state index contributed by atoms with van der Waals surface area (Å²) in [5.74, 6) is -2.57. The van der Waals surface area contributed by atoms with Crippen LogP contribution in [0.4, 0.5) is 0 Å². The van der Waals surface area contributed by atoms with Gasteiger partial charge in [0, 0.05) is 12.8 Å². The van der Waals surface area contributed by atoms with Gasteiger partial charge in [0.25, 0.3) is 0 Å². The van der Waals surface area contributed by atoms with Crippen LogP contribution in [0.15, 0.2) is 0 Å². The zero-order valence-corrected chi connectivity index (χ0v) is 24.9. The first-order valence-electron chi connectivity index (χ1n) is 15.6. The maximum atomic E-state index is 12.3. The van der Waals surface area contributed by atoms with Gasteiger partial charge >= 0.3 is 23.9 Å². The Morgan fingerprint density at radius 1 is 0.487 bits per heavy atom. The van der Waals surface area contributed by atoms with Crippen LogP contribution >= 0.6 is 0 Å². The van der Waals surface area contributed by atoms with E-state index in [9.17, 15) is 19.2 Å². The topological polar surface area (TPSA) is 116 Å². The van der Waals surface area contributed by atoms with Gasteiger partial charge in [-0.05, 0) is 12.8 Å². The molecule has 0 amide bonds. The molecule has 0 aromatic carbocycles. The van der Waals surface area contributed by atoms with Crippen molar-refractivity contribution in [2.75, 3.05) is 13.2 Å². The Labute approximate surface area is 236 Å². The predicted octanol–water partition coefficient (Wildman–Crippen LogP) is 7.69. The maximum absolute atomic E-state index is 12.3. The number of esters is 3. The monoisotopic (exact) mass is 556 g/mol. The number of unbranched alkanes of at least 4 members (excludes halogenated alkanes) is 16. The molecule has 0 aliphatic rings. The smallest absolute Gasteiger partial charge is 0.306 e. The van der Waals surface area contributed by atoms with Crippen LogP contribution in [-0.4, -0.2) is 48.3 Å². The number of rotatable bonds is 28. The first-order chi connectivity index (χ1) is 18.9. The van der Waals surface area contributed by atoms with E-state index in [1.165, 1.54) is 77.0 Å². The van der Waals surface area contributed by atoms with Crippen molar-refractivity contribution in [3.05, 3.63) is 0 Å². The molecule has 39 heavy (non-hydrogen) atoms. The van der Waals surface area contributed by atoms with Crippen LogP contribution in [0.3, 0.4) is 0 Å². The van der Waals surface area contributed by atoms with E-state index >= 15 is 0 Å². The fourth-order valence-corrected chi connectivity index (χ4v) is 4.25. The summed E-state index contributed by atoms with van der Waals surface area (Å²) in [7, 11) is 0. The van der Waals surface area contributed by atoms with Crippen molar-refractivity contribution in [1.82, 2.24) is 0 Å². The Morgan fingerprint density at radius 2 is 0.846 bits per heavy atom. The van der Waals surface area contributed by atoms with E-state index in [-0.39, 0.29) is 38.4 Å². The molecule has 0 aromatic heterocycles. The van der Waals surface area contributed by atoms with E-state index in [4.69, 9.17) is 19.3 Å². The van der Waals surface area contributed by atoms with Crippen molar-refractivity contribution in [3.8, 4) is 0 Å². The van der Waals surface area contributed by atoms with Crippen LogP contribution in [0, 0.1) is 0 Å². The molecular weight excluding hydrogens is 500 g/mol. The summed E-state index contributed by atoms with van der Waals surface area (Å²) < 4.78 is 15.8. The zero-order chi connectivity index (χ0) is 29.0. The van der Waals surface area contributed by atoms with Gasteiger partial charge in [-0.1, -0.05) is 117 Å². The molecule has 8 heteroatoms. The molecule has 228 valence electrons. The summed E-state index contributed by atoms with van der Waals surface area (Å²) in [5.41, 5.74) is 0. The second-order valence-electron chi connectivity index (χ2n) is 10.5. The van der Waals surface area contributed by atoms with Crippen molar-refractivity contribution < 1.29 is 38.5 Å². The highest BCUT2D eigenvalue weighted by atomic mass is 16.6. The summed E-state index contributed by atoms with van der Waals surface area (Å²) in [6.45, 7) is 3.95. The van der Waals surface area contributed by atoms with Gasteiger partial charge in [0.2, 0.25) is 0 Å². The van der Waals surface area contributed by atoms with E-state index in [2.05, 4.69) is 13.8 Å². The van der Waals surface area contributed by atoms with Crippen LogP contribution in [0.5, 0.6) is 0 Å². The molecule has 0 aliphatic heterocycles. The summed E-state index contributed by atoms with van der Waals surface area (Å²) in [6.07, 6.45) is 19.6. The lowest BCUT2D eigenvalue weighted by Gasteiger charge is -2.18. The van der Waals surface area contributed by atoms with E-state index in [0.29, 0.717) is 6.42 Å². The first-order valence-corrected chi connectivity index (χ1v) is 15.6. The molecule has 0 heterocycles. The number of aliphatic carboxylic acids is 1. The third kappa shape index (κ3) is 27.2. The fraction of sp³-hybridized carbons (Fsp3) is 0.871. The Bertz CT molecular complexity index is 634. The lowest BCUT2D eigenvalue weighted by atomic mass is 10.1. The Balaban J connectivity index is 4.28. The van der Waals surface area contributed by atoms with E-state index in [1.807, 2.05) is 0 Å². The summed E-state index contributed by atoms with van der Waals surface area (Å²) in [5, 5.41) is 8.72. The lowest BCUT2D eigenvalue weighted by molar-refractivity contribution is -0.167. The standard InChI is InChI=1S/C31H56O8/c1-3-5-7-9-11-13-15-17-19-21-29(34)37-25-27(26-38-30(35)24-23-28(32)33)39-31(36)22-20-18-16-14-12-10-8-6-4-2/h27H,3-26H2,1-2H3,(H,32,33)/t27-/m1/s1.